The average molecular weight is 444 g/mol. The van der Waals surface area contributed by atoms with Gasteiger partial charge in [-0.2, -0.15) is 4.37 Å². The zero-order chi connectivity index (χ0) is 19.8. The number of nitrogens with zero attached hydrogens (tertiary/aromatic N) is 2. The number of hydrogen-bond acceptors (Lipinski definition) is 6. The van der Waals surface area contributed by atoms with Gasteiger partial charge in [0.1, 0.15) is 10.1 Å². The lowest BCUT2D eigenvalue weighted by atomic mass is 10.0. The standard InChI is InChI=1S/C19H23Cl2N3O3S/c20-14-2-4-16(5-3-14)27-13-18(25)22-15-6-9-24(10-7-15)8-1-11-26-19-12-17(21)28-23-19/h2-5,12,15H,1,6-11,13H2,(H,22,25). The van der Waals surface area contributed by atoms with E-state index in [0.29, 0.717) is 27.6 Å². The Morgan fingerprint density at radius 3 is 2.64 bits per heavy atom. The highest BCUT2D eigenvalue weighted by molar-refractivity contribution is 7.10. The van der Waals surface area contributed by atoms with E-state index < -0.39 is 0 Å². The van der Waals surface area contributed by atoms with Crippen LogP contribution in [0.5, 0.6) is 11.6 Å². The van der Waals surface area contributed by atoms with Gasteiger partial charge in [-0.15, -0.1) is 0 Å². The topological polar surface area (TPSA) is 63.7 Å². The number of halogens is 2. The van der Waals surface area contributed by atoms with Crippen LogP contribution in [0.1, 0.15) is 19.3 Å². The second-order valence-electron chi connectivity index (χ2n) is 6.60. The summed E-state index contributed by atoms with van der Waals surface area (Å²) in [6.45, 7) is 3.54. The largest absolute Gasteiger partial charge is 0.484 e. The first kappa shape index (κ1) is 21.2. The van der Waals surface area contributed by atoms with E-state index in [2.05, 4.69) is 14.6 Å². The quantitative estimate of drug-likeness (QED) is 0.595. The number of rotatable bonds is 9. The number of piperidine rings is 1. The maximum absolute atomic E-state index is 12.1. The maximum Gasteiger partial charge on any atom is 0.258 e. The summed E-state index contributed by atoms with van der Waals surface area (Å²) in [5.74, 6) is 1.14. The van der Waals surface area contributed by atoms with Crippen LogP contribution in [-0.4, -0.2) is 54.1 Å². The lowest BCUT2D eigenvalue weighted by Gasteiger charge is -2.32. The Bertz CT molecular complexity index is 749. The molecule has 6 nitrogen and oxygen atoms in total. The summed E-state index contributed by atoms with van der Waals surface area (Å²) < 4.78 is 15.8. The number of likely N-dealkylation sites (tertiary alicyclic amines) is 1. The molecule has 1 aliphatic rings. The van der Waals surface area contributed by atoms with Crippen molar-refractivity contribution in [2.45, 2.75) is 25.3 Å². The summed E-state index contributed by atoms with van der Waals surface area (Å²) in [5, 5.41) is 3.69. The normalized spacial score (nSPS) is 15.4. The zero-order valence-corrected chi connectivity index (χ0v) is 17.7. The Morgan fingerprint density at radius 2 is 1.96 bits per heavy atom. The van der Waals surface area contributed by atoms with Gasteiger partial charge >= 0.3 is 0 Å². The van der Waals surface area contributed by atoms with Crippen molar-refractivity contribution in [3.05, 3.63) is 39.7 Å². The van der Waals surface area contributed by atoms with Gasteiger partial charge in [0, 0.05) is 36.8 Å². The van der Waals surface area contributed by atoms with Gasteiger partial charge in [-0.3, -0.25) is 4.79 Å². The molecule has 0 unspecified atom stereocenters. The van der Waals surface area contributed by atoms with E-state index in [9.17, 15) is 4.79 Å². The van der Waals surface area contributed by atoms with Gasteiger partial charge in [0.15, 0.2) is 6.61 Å². The van der Waals surface area contributed by atoms with Gasteiger partial charge in [-0.25, -0.2) is 0 Å². The molecule has 0 saturated carbocycles. The minimum Gasteiger partial charge on any atom is -0.484 e. The molecule has 1 saturated heterocycles. The van der Waals surface area contributed by atoms with Crippen LogP contribution in [0.2, 0.25) is 9.36 Å². The lowest BCUT2D eigenvalue weighted by Crippen LogP contribution is -2.46. The van der Waals surface area contributed by atoms with Gasteiger partial charge in [0.05, 0.1) is 6.61 Å². The molecule has 9 heteroatoms. The van der Waals surface area contributed by atoms with Crippen LogP contribution in [0.15, 0.2) is 30.3 Å². The number of carbonyl (C=O) groups excluding carboxylic acids is 1. The van der Waals surface area contributed by atoms with Crippen LogP contribution < -0.4 is 14.8 Å². The summed E-state index contributed by atoms with van der Waals surface area (Å²) in [7, 11) is 0. The van der Waals surface area contributed by atoms with Gasteiger partial charge in [0.25, 0.3) is 5.91 Å². The van der Waals surface area contributed by atoms with Crippen molar-refractivity contribution in [1.82, 2.24) is 14.6 Å². The van der Waals surface area contributed by atoms with Crippen LogP contribution in [0.4, 0.5) is 0 Å². The van der Waals surface area contributed by atoms with Crippen LogP contribution in [0, 0.1) is 0 Å². The van der Waals surface area contributed by atoms with Crippen LogP contribution >= 0.6 is 34.7 Å². The summed E-state index contributed by atoms with van der Waals surface area (Å²) in [5.41, 5.74) is 0. The highest BCUT2D eigenvalue weighted by Crippen LogP contribution is 2.21. The van der Waals surface area contributed by atoms with E-state index >= 15 is 0 Å². The minimum atomic E-state index is -0.0938. The molecule has 1 amide bonds. The van der Waals surface area contributed by atoms with Crippen LogP contribution in [-0.2, 0) is 4.79 Å². The van der Waals surface area contributed by atoms with Gasteiger partial charge in [-0.1, -0.05) is 23.2 Å². The van der Waals surface area contributed by atoms with Crippen molar-refractivity contribution in [3.8, 4) is 11.6 Å². The number of benzene rings is 1. The number of amides is 1. The van der Waals surface area contributed by atoms with Gasteiger partial charge < -0.3 is 19.7 Å². The van der Waals surface area contributed by atoms with Crippen molar-refractivity contribution >= 4 is 40.6 Å². The first-order chi connectivity index (χ1) is 13.6. The van der Waals surface area contributed by atoms with E-state index in [1.807, 2.05) is 0 Å². The summed E-state index contributed by atoms with van der Waals surface area (Å²) in [4.78, 5) is 14.5. The smallest absolute Gasteiger partial charge is 0.258 e. The predicted molar refractivity (Wildman–Crippen MR) is 112 cm³/mol. The molecule has 1 aromatic heterocycles. The molecule has 0 radical (unpaired) electrons. The molecule has 0 atom stereocenters. The molecule has 3 rings (SSSR count). The first-order valence-corrected chi connectivity index (χ1v) is 10.8. The highest BCUT2D eigenvalue weighted by Gasteiger charge is 2.20. The molecular formula is C19H23Cl2N3O3S. The van der Waals surface area contributed by atoms with E-state index in [1.165, 1.54) is 11.5 Å². The molecule has 0 aliphatic carbocycles. The van der Waals surface area contributed by atoms with Gasteiger partial charge in [-0.05, 0) is 55.1 Å². The van der Waals surface area contributed by atoms with Crippen LogP contribution in [0.3, 0.4) is 0 Å². The lowest BCUT2D eigenvalue weighted by molar-refractivity contribution is -0.124. The third-order valence-electron chi connectivity index (χ3n) is 4.46. The number of aromatic nitrogens is 1. The third kappa shape index (κ3) is 7.13. The van der Waals surface area contributed by atoms with Gasteiger partial charge in [0.2, 0.25) is 5.88 Å². The second kappa shape index (κ2) is 10.9. The van der Waals surface area contributed by atoms with Crippen molar-refractivity contribution in [3.63, 3.8) is 0 Å². The van der Waals surface area contributed by atoms with E-state index in [1.54, 1.807) is 30.3 Å². The van der Waals surface area contributed by atoms with Crippen molar-refractivity contribution < 1.29 is 14.3 Å². The second-order valence-corrected chi connectivity index (χ2v) is 8.47. The molecule has 1 aromatic carbocycles. The fraction of sp³-hybridized carbons (Fsp3) is 0.474. The monoisotopic (exact) mass is 443 g/mol. The highest BCUT2D eigenvalue weighted by atomic mass is 35.5. The summed E-state index contributed by atoms with van der Waals surface area (Å²) in [6, 6.07) is 8.91. The van der Waals surface area contributed by atoms with Crippen molar-refractivity contribution in [2.24, 2.45) is 0 Å². The average Bonchev–Trinajstić information content (AvgIpc) is 3.11. The maximum atomic E-state index is 12.1. The molecule has 28 heavy (non-hydrogen) atoms. The van der Waals surface area contributed by atoms with Crippen LogP contribution in [0.25, 0.3) is 0 Å². The Morgan fingerprint density at radius 1 is 1.21 bits per heavy atom. The third-order valence-corrected chi connectivity index (χ3v) is 5.60. The number of carbonyl (C=O) groups is 1. The Balaban J connectivity index is 1.26. The molecular weight excluding hydrogens is 421 g/mol. The Labute approximate surface area is 178 Å². The van der Waals surface area contributed by atoms with E-state index in [4.69, 9.17) is 32.7 Å². The minimum absolute atomic E-state index is 0.0137. The molecule has 1 N–H and O–H groups in total. The van der Waals surface area contributed by atoms with Crippen molar-refractivity contribution in [1.29, 1.82) is 0 Å². The molecule has 1 fully saturated rings. The molecule has 0 spiro atoms. The fourth-order valence-electron chi connectivity index (χ4n) is 3.02. The summed E-state index contributed by atoms with van der Waals surface area (Å²) in [6.07, 6.45) is 2.81. The molecule has 2 aromatic rings. The number of ether oxygens (including phenoxy) is 2. The van der Waals surface area contributed by atoms with E-state index in [0.717, 1.165) is 38.9 Å². The summed E-state index contributed by atoms with van der Waals surface area (Å²) >= 11 is 12.9. The van der Waals surface area contributed by atoms with Crippen molar-refractivity contribution in [2.75, 3.05) is 32.8 Å². The van der Waals surface area contributed by atoms with E-state index in [-0.39, 0.29) is 18.6 Å². The first-order valence-electron chi connectivity index (χ1n) is 9.23. The Hall–Kier alpha value is -1.54. The Kier molecular flexibility index (Phi) is 8.21. The predicted octanol–water partition coefficient (Wildman–Crippen LogP) is 3.88. The molecule has 0 bridgehead atoms. The fourth-order valence-corrected chi connectivity index (χ4v) is 3.78. The zero-order valence-electron chi connectivity index (χ0n) is 15.4. The number of nitrogens with one attached hydrogen (secondary N) is 1. The molecule has 1 aliphatic heterocycles. The number of hydrogen-bond donors (Lipinski definition) is 1. The molecule has 2 heterocycles. The molecule has 152 valence electrons. The SMILES string of the molecule is O=C(COc1ccc(Cl)cc1)NC1CCN(CCCOc2cc(Cl)sn2)CC1.